The Bertz CT molecular complexity index is 881. The van der Waals surface area contributed by atoms with E-state index in [4.69, 9.17) is 20.8 Å². The quantitative estimate of drug-likeness (QED) is 0.258. The van der Waals surface area contributed by atoms with Crippen molar-refractivity contribution in [3.8, 4) is 17.6 Å². The fourth-order valence-corrected chi connectivity index (χ4v) is 1.86. The first-order valence-corrected chi connectivity index (χ1v) is 6.66. The number of hydrogen-bond donors (Lipinski definition) is 3. The Morgan fingerprint density at radius 3 is 2.58 bits per heavy atom. The number of aromatic hydroxyl groups is 1. The molecule has 0 amide bonds. The third-order valence-corrected chi connectivity index (χ3v) is 2.97. The summed E-state index contributed by atoms with van der Waals surface area (Å²) in [7, 11) is 0. The Kier molecular flexibility index (Phi) is 4.82. The van der Waals surface area contributed by atoms with Crippen molar-refractivity contribution >= 4 is 23.7 Å². The van der Waals surface area contributed by atoms with Gasteiger partial charge in [0.25, 0.3) is 0 Å². The highest BCUT2D eigenvalue weighted by Gasteiger charge is 2.14. The van der Waals surface area contributed by atoms with Crippen LogP contribution in [0.1, 0.15) is 15.9 Å². The smallest absolute Gasteiger partial charge is 0.347 e. The zero-order chi connectivity index (χ0) is 17.7. The molecule has 120 valence electrons. The SMILES string of the molecule is N#CC(=Cc1cccc(OC(=O)c2ccc(N)cc2O)c1)C(=O)O. The van der Waals surface area contributed by atoms with Crippen LogP contribution >= 0.6 is 0 Å². The number of phenols is 1. The molecule has 0 aromatic heterocycles. The van der Waals surface area contributed by atoms with Crippen molar-refractivity contribution in [2.75, 3.05) is 5.73 Å². The molecular formula is C17H12N2O5. The molecule has 7 heteroatoms. The lowest BCUT2D eigenvalue weighted by atomic mass is 10.1. The summed E-state index contributed by atoms with van der Waals surface area (Å²) >= 11 is 0. The van der Waals surface area contributed by atoms with Crippen LogP contribution in [0.3, 0.4) is 0 Å². The number of carboxylic acid groups (broad SMARTS) is 1. The van der Waals surface area contributed by atoms with E-state index in [-0.39, 0.29) is 17.1 Å². The van der Waals surface area contributed by atoms with Gasteiger partial charge in [0.2, 0.25) is 0 Å². The van der Waals surface area contributed by atoms with Crippen molar-refractivity contribution in [3.63, 3.8) is 0 Å². The van der Waals surface area contributed by atoms with Crippen molar-refractivity contribution in [1.29, 1.82) is 5.26 Å². The zero-order valence-corrected chi connectivity index (χ0v) is 12.3. The Hall–Kier alpha value is -3.79. The molecule has 0 saturated carbocycles. The molecule has 0 radical (unpaired) electrons. The number of anilines is 1. The normalized spacial score (nSPS) is 10.7. The Labute approximate surface area is 136 Å². The average Bonchev–Trinajstić information content (AvgIpc) is 2.52. The minimum atomic E-state index is -1.35. The maximum absolute atomic E-state index is 12.1. The van der Waals surface area contributed by atoms with Gasteiger partial charge in [-0.25, -0.2) is 9.59 Å². The van der Waals surface area contributed by atoms with Crippen LogP contribution in [0.5, 0.6) is 11.5 Å². The maximum Gasteiger partial charge on any atom is 0.347 e. The predicted octanol–water partition coefficient (Wildman–Crippen LogP) is 2.19. The van der Waals surface area contributed by atoms with Gasteiger partial charge in [-0.1, -0.05) is 12.1 Å². The van der Waals surface area contributed by atoms with Crippen LogP contribution in [0.15, 0.2) is 48.0 Å². The van der Waals surface area contributed by atoms with Crippen LogP contribution in [-0.2, 0) is 4.79 Å². The highest BCUT2D eigenvalue weighted by atomic mass is 16.5. The molecule has 0 spiro atoms. The fourth-order valence-electron chi connectivity index (χ4n) is 1.86. The fraction of sp³-hybridized carbons (Fsp3) is 0. The highest BCUT2D eigenvalue weighted by Crippen LogP contribution is 2.23. The number of carbonyl (C=O) groups excluding carboxylic acids is 1. The molecule has 2 aromatic carbocycles. The molecular weight excluding hydrogens is 312 g/mol. The molecule has 0 aliphatic rings. The molecule has 4 N–H and O–H groups in total. The lowest BCUT2D eigenvalue weighted by Crippen LogP contribution is -2.09. The van der Waals surface area contributed by atoms with Crippen molar-refractivity contribution in [2.45, 2.75) is 0 Å². The molecule has 0 aliphatic carbocycles. The average molecular weight is 324 g/mol. The van der Waals surface area contributed by atoms with Gasteiger partial charge in [-0.3, -0.25) is 0 Å². The van der Waals surface area contributed by atoms with Crippen LogP contribution in [0.2, 0.25) is 0 Å². The van der Waals surface area contributed by atoms with Crippen LogP contribution in [0, 0.1) is 11.3 Å². The summed E-state index contributed by atoms with van der Waals surface area (Å²) in [5, 5.41) is 27.3. The standard InChI is InChI=1S/C17H12N2O5/c18-9-11(16(21)22)6-10-2-1-3-13(7-10)24-17(23)14-5-4-12(19)8-15(14)20/h1-8,20H,19H2,(H,21,22). The second-order valence-electron chi connectivity index (χ2n) is 4.71. The van der Waals surface area contributed by atoms with Gasteiger partial charge in [0.1, 0.15) is 28.7 Å². The van der Waals surface area contributed by atoms with Crippen LogP contribution < -0.4 is 10.5 Å². The van der Waals surface area contributed by atoms with Crippen molar-refractivity contribution in [1.82, 2.24) is 0 Å². The molecule has 7 nitrogen and oxygen atoms in total. The van der Waals surface area contributed by atoms with Crippen LogP contribution in [0.25, 0.3) is 6.08 Å². The number of rotatable bonds is 4. The largest absolute Gasteiger partial charge is 0.507 e. The summed E-state index contributed by atoms with van der Waals surface area (Å²) in [5.41, 5.74) is 5.66. The minimum Gasteiger partial charge on any atom is -0.507 e. The summed E-state index contributed by atoms with van der Waals surface area (Å²) in [5.74, 6) is -2.33. The molecule has 24 heavy (non-hydrogen) atoms. The van der Waals surface area contributed by atoms with E-state index < -0.39 is 17.5 Å². The van der Waals surface area contributed by atoms with Crippen LogP contribution in [-0.4, -0.2) is 22.2 Å². The number of aliphatic carboxylic acids is 1. The molecule has 0 bridgehead atoms. The number of hydrogen-bond acceptors (Lipinski definition) is 6. The molecule has 0 aliphatic heterocycles. The van der Waals surface area contributed by atoms with E-state index in [0.717, 1.165) is 6.08 Å². The topological polar surface area (TPSA) is 134 Å². The third kappa shape index (κ3) is 3.90. The second kappa shape index (κ2) is 6.98. The summed E-state index contributed by atoms with van der Waals surface area (Å²) in [6.07, 6.45) is 1.15. The lowest BCUT2D eigenvalue weighted by molar-refractivity contribution is -0.132. The molecule has 0 fully saturated rings. The number of benzene rings is 2. The molecule has 0 atom stereocenters. The molecule has 2 rings (SSSR count). The highest BCUT2D eigenvalue weighted by molar-refractivity contribution is 5.97. The Balaban J connectivity index is 2.25. The molecule has 0 heterocycles. The number of nitrogen functional groups attached to an aromatic ring is 1. The van der Waals surface area contributed by atoms with Crippen molar-refractivity contribution in [3.05, 3.63) is 59.2 Å². The lowest BCUT2D eigenvalue weighted by Gasteiger charge is -2.07. The second-order valence-corrected chi connectivity index (χ2v) is 4.71. The van der Waals surface area contributed by atoms with E-state index in [1.807, 2.05) is 0 Å². The van der Waals surface area contributed by atoms with E-state index in [1.165, 1.54) is 36.4 Å². The number of nitrogens with zero attached hydrogens (tertiary/aromatic N) is 1. The van der Waals surface area contributed by atoms with E-state index in [9.17, 15) is 14.7 Å². The summed E-state index contributed by atoms with van der Waals surface area (Å²) in [4.78, 5) is 22.9. The minimum absolute atomic E-state index is 0.0617. The van der Waals surface area contributed by atoms with Gasteiger partial charge in [0.15, 0.2) is 0 Å². The predicted molar refractivity (Wildman–Crippen MR) is 85.1 cm³/mol. The molecule has 0 unspecified atom stereocenters. The van der Waals surface area contributed by atoms with E-state index in [0.29, 0.717) is 11.3 Å². The number of esters is 1. The number of carbonyl (C=O) groups is 2. The summed E-state index contributed by atoms with van der Waals surface area (Å²) in [6.45, 7) is 0. The Morgan fingerprint density at radius 1 is 1.21 bits per heavy atom. The maximum atomic E-state index is 12.1. The first-order valence-electron chi connectivity index (χ1n) is 6.66. The van der Waals surface area contributed by atoms with Gasteiger partial charge < -0.3 is 20.7 Å². The Morgan fingerprint density at radius 2 is 1.96 bits per heavy atom. The summed E-state index contributed by atoms with van der Waals surface area (Å²) in [6, 6.07) is 11.5. The van der Waals surface area contributed by atoms with Crippen molar-refractivity contribution in [2.24, 2.45) is 0 Å². The van der Waals surface area contributed by atoms with Gasteiger partial charge >= 0.3 is 11.9 Å². The van der Waals surface area contributed by atoms with Crippen LogP contribution in [0.4, 0.5) is 5.69 Å². The van der Waals surface area contributed by atoms with E-state index in [2.05, 4.69) is 0 Å². The first-order chi connectivity index (χ1) is 11.4. The van der Waals surface area contributed by atoms with Gasteiger partial charge in [-0.2, -0.15) is 5.26 Å². The monoisotopic (exact) mass is 324 g/mol. The van der Waals surface area contributed by atoms with Gasteiger partial charge in [0, 0.05) is 11.8 Å². The third-order valence-electron chi connectivity index (χ3n) is 2.97. The van der Waals surface area contributed by atoms with Gasteiger partial charge in [0.05, 0.1) is 0 Å². The summed E-state index contributed by atoms with van der Waals surface area (Å²) < 4.78 is 5.14. The number of nitrogens with two attached hydrogens (primary N) is 1. The first kappa shape index (κ1) is 16.6. The van der Waals surface area contributed by atoms with E-state index in [1.54, 1.807) is 12.1 Å². The number of phenolic OH excluding ortho intramolecular Hbond substituents is 1. The van der Waals surface area contributed by atoms with Gasteiger partial charge in [-0.15, -0.1) is 0 Å². The number of carboxylic acids is 1. The zero-order valence-electron chi connectivity index (χ0n) is 12.3. The van der Waals surface area contributed by atoms with Crippen molar-refractivity contribution < 1.29 is 24.5 Å². The molecule has 2 aromatic rings. The van der Waals surface area contributed by atoms with Gasteiger partial charge in [-0.05, 0) is 35.9 Å². The number of ether oxygens (including phenoxy) is 1. The van der Waals surface area contributed by atoms with E-state index >= 15 is 0 Å². The number of nitriles is 1. The molecule has 0 saturated heterocycles.